The summed E-state index contributed by atoms with van der Waals surface area (Å²) in [5.74, 6) is 1.11. The highest BCUT2D eigenvalue weighted by Crippen LogP contribution is 2.19. The molecular formula is C20H23N5O2S. The lowest BCUT2D eigenvalue weighted by molar-refractivity contribution is -0.127. The molecule has 0 unspecified atom stereocenters. The van der Waals surface area contributed by atoms with Crippen LogP contribution in [-0.4, -0.2) is 50.4 Å². The van der Waals surface area contributed by atoms with E-state index in [1.165, 1.54) is 11.8 Å². The van der Waals surface area contributed by atoms with Crippen molar-refractivity contribution in [1.29, 1.82) is 0 Å². The predicted octanol–water partition coefficient (Wildman–Crippen LogP) is 3.12. The molecule has 0 aliphatic heterocycles. The first-order valence-electron chi connectivity index (χ1n) is 9.00. The number of carbonyl (C=O) groups is 1. The van der Waals surface area contributed by atoms with E-state index in [0.717, 1.165) is 22.6 Å². The van der Waals surface area contributed by atoms with Crippen LogP contribution < -0.4 is 4.74 Å². The van der Waals surface area contributed by atoms with Gasteiger partial charge >= 0.3 is 0 Å². The molecule has 3 aromatic rings. The predicted molar refractivity (Wildman–Crippen MR) is 109 cm³/mol. The number of aryl methyl sites for hydroxylation is 1. The topological polar surface area (TPSA) is 73.1 Å². The molecule has 0 aliphatic carbocycles. The van der Waals surface area contributed by atoms with Gasteiger partial charge in [-0.05, 0) is 54.1 Å². The van der Waals surface area contributed by atoms with Crippen LogP contribution in [0.1, 0.15) is 18.1 Å². The van der Waals surface area contributed by atoms with Gasteiger partial charge in [-0.2, -0.15) is 4.68 Å². The Hall–Kier alpha value is -2.87. The molecule has 0 saturated carbocycles. The molecule has 7 nitrogen and oxygen atoms in total. The van der Waals surface area contributed by atoms with Crippen LogP contribution in [0.25, 0.3) is 5.69 Å². The lowest BCUT2D eigenvalue weighted by atomic mass is 10.2. The molecule has 146 valence electrons. The molecule has 3 rings (SSSR count). The standard InChI is InChI=1S/C20H23N5O2S/c1-4-27-18-11-7-16(8-12-18)13-24(3)19(26)14-28-20-21-22-23-25(20)17-9-5-15(2)6-10-17/h5-12H,4,13-14H2,1-3H3. The number of hydrogen-bond donors (Lipinski definition) is 0. The van der Waals surface area contributed by atoms with E-state index in [1.54, 1.807) is 16.6 Å². The number of nitrogens with zero attached hydrogens (tertiary/aromatic N) is 5. The second kappa shape index (κ2) is 9.36. The van der Waals surface area contributed by atoms with Crippen molar-refractivity contribution in [3.63, 3.8) is 0 Å². The van der Waals surface area contributed by atoms with E-state index in [-0.39, 0.29) is 11.7 Å². The van der Waals surface area contributed by atoms with Crippen LogP contribution in [0.15, 0.2) is 53.7 Å². The van der Waals surface area contributed by atoms with Gasteiger partial charge in [-0.3, -0.25) is 4.79 Å². The van der Waals surface area contributed by atoms with E-state index in [1.807, 2.05) is 62.4 Å². The van der Waals surface area contributed by atoms with Gasteiger partial charge in [0, 0.05) is 13.6 Å². The average molecular weight is 398 g/mol. The Morgan fingerprint density at radius 3 is 2.54 bits per heavy atom. The van der Waals surface area contributed by atoms with Crippen LogP contribution >= 0.6 is 11.8 Å². The van der Waals surface area contributed by atoms with Crippen molar-refractivity contribution >= 4 is 17.7 Å². The summed E-state index contributed by atoms with van der Waals surface area (Å²) in [7, 11) is 1.79. The fourth-order valence-electron chi connectivity index (χ4n) is 2.57. The normalized spacial score (nSPS) is 10.7. The van der Waals surface area contributed by atoms with Crippen molar-refractivity contribution in [1.82, 2.24) is 25.1 Å². The highest BCUT2D eigenvalue weighted by atomic mass is 32.2. The monoisotopic (exact) mass is 397 g/mol. The third kappa shape index (κ3) is 5.10. The summed E-state index contributed by atoms with van der Waals surface area (Å²) in [6.45, 7) is 5.15. The van der Waals surface area contributed by atoms with Gasteiger partial charge in [0.15, 0.2) is 0 Å². The van der Waals surface area contributed by atoms with E-state index >= 15 is 0 Å². The molecule has 0 spiro atoms. The summed E-state index contributed by atoms with van der Waals surface area (Å²) in [6, 6.07) is 15.7. The fraction of sp³-hybridized carbons (Fsp3) is 0.300. The van der Waals surface area contributed by atoms with Crippen LogP contribution in [0.2, 0.25) is 0 Å². The summed E-state index contributed by atoms with van der Waals surface area (Å²) < 4.78 is 7.09. The summed E-state index contributed by atoms with van der Waals surface area (Å²) in [5.41, 5.74) is 3.08. The Bertz CT molecular complexity index is 909. The number of aromatic nitrogens is 4. The van der Waals surface area contributed by atoms with E-state index in [4.69, 9.17) is 4.74 Å². The van der Waals surface area contributed by atoms with Gasteiger partial charge < -0.3 is 9.64 Å². The fourth-order valence-corrected chi connectivity index (χ4v) is 3.40. The highest BCUT2D eigenvalue weighted by molar-refractivity contribution is 7.99. The van der Waals surface area contributed by atoms with Crippen LogP contribution in [0.5, 0.6) is 5.75 Å². The molecule has 1 amide bonds. The van der Waals surface area contributed by atoms with Gasteiger partial charge in [-0.1, -0.05) is 41.6 Å². The van der Waals surface area contributed by atoms with Gasteiger partial charge in [0.05, 0.1) is 18.0 Å². The molecule has 0 N–H and O–H groups in total. The summed E-state index contributed by atoms with van der Waals surface area (Å²) in [5, 5.41) is 12.4. The molecule has 0 saturated heterocycles. The molecular weight excluding hydrogens is 374 g/mol. The Balaban J connectivity index is 1.57. The van der Waals surface area contributed by atoms with Crippen molar-refractivity contribution in [2.24, 2.45) is 0 Å². The molecule has 28 heavy (non-hydrogen) atoms. The first kappa shape index (κ1) is 19.9. The van der Waals surface area contributed by atoms with Crippen LogP contribution in [0, 0.1) is 6.92 Å². The zero-order chi connectivity index (χ0) is 19.9. The molecule has 0 atom stereocenters. The van der Waals surface area contributed by atoms with Crippen molar-refractivity contribution in [2.75, 3.05) is 19.4 Å². The second-order valence-electron chi connectivity index (χ2n) is 6.32. The molecule has 0 fully saturated rings. The number of amides is 1. The first-order chi connectivity index (χ1) is 13.6. The van der Waals surface area contributed by atoms with Crippen molar-refractivity contribution in [3.8, 4) is 11.4 Å². The van der Waals surface area contributed by atoms with E-state index < -0.39 is 0 Å². The van der Waals surface area contributed by atoms with Gasteiger partial charge in [0.25, 0.3) is 0 Å². The van der Waals surface area contributed by atoms with Gasteiger partial charge in [0.2, 0.25) is 11.1 Å². The zero-order valence-electron chi connectivity index (χ0n) is 16.2. The number of tetrazole rings is 1. The van der Waals surface area contributed by atoms with Gasteiger partial charge in [-0.15, -0.1) is 5.10 Å². The average Bonchev–Trinajstić information content (AvgIpc) is 3.17. The Morgan fingerprint density at radius 2 is 1.86 bits per heavy atom. The molecule has 1 aromatic heterocycles. The first-order valence-corrected chi connectivity index (χ1v) is 9.99. The number of benzene rings is 2. The Morgan fingerprint density at radius 1 is 1.14 bits per heavy atom. The minimum Gasteiger partial charge on any atom is -0.494 e. The maximum atomic E-state index is 12.5. The zero-order valence-corrected chi connectivity index (χ0v) is 17.0. The number of thioether (sulfide) groups is 1. The van der Waals surface area contributed by atoms with Crippen LogP contribution in [0.4, 0.5) is 0 Å². The van der Waals surface area contributed by atoms with E-state index in [2.05, 4.69) is 15.5 Å². The SMILES string of the molecule is CCOc1ccc(CN(C)C(=O)CSc2nnnn2-c2ccc(C)cc2)cc1. The van der Waals surface area contributed by atoms with E-state index in [9.17, 15) is 4.79 Å². The largest absolute Gasteiger partial charge is 0.494 e. The van der Waals surface area contributed by atoms with Gasteiger partial charge in [-0.25, -0.2) is 0 Å². The Labute approximate surface area is 168 Å². The quantitative estimate of drug-likeness (QED) is 0.544. The number of hydrogen-bond acceptors (Lipinski definition) is 6. The molecule has 8 heteroatoms. The number of ether oxygens (including phenoxy) is 1. The number of carbonyl (C=O) groups excluding carboxylic acids is 1. The Kier molecular flexibility index (Phi) is 6.65. The summed E-state index contributed by atoms with van der Waals surface area (Å²) >= 11 is 1.32. The van der Waals surface area contributed by atoms with Gasteiger partial charge in [0.1, 0.15) is 5.75 Å². The molecule has 1 heterocycles. The minimum absolute atomic E-state index is 0.0114. The number of rotatable bonds is 8. The minimum atomic E-state index is 0.0114. The maximum Gasteiger partial charge on any atom is 0.233 e. The molecule has 2 aromatic carbocycles. The lowest BCUT2D eigenvalue weighted by Gasteiger charge is -2.17. The third-order valence-corrected chi connectivity index (χ3v) is 5.03. The van der Waals surface area contributed by atoms with Crippen molar-refractivity contribution in [3.05, 3.63) is 59.7 Å². The van der Waals surface area contributed by atoms with E-state index in [0.29, 0.717) is 18.3 Å². The molecule has 0 radical (unpaired) electrons. The lowest BCUT2D eigenvalue weighted by Crippen LogP contribution is -2.27. The highest BCUT2D eigenvalue weighted by Gasteiger charge is 2.14. The smallest absolute Gasteiger partial charge is 0.233 e. The van der Waals surface area contributed by atoms with Crippen LogP contribution in [-0.2, 0) is 11.3 Å². The van der Waals surface area contributed by atoms with Crippen LogP contribution in [0.3, 0.4) is 0 Å². The molecule has 0 bridgehead atoms. The van der Waals surface area contributed by atoms with Crippen molar-refractivity contribution < 1.29 is 9.53 Å². The third-order valence-electron chi connectivity index (χ3n) is 4.12. The second-order valence-corrected chi connectivity index (χ2v) is 7.27. The summed E-state index contributed by atoms with van der Waals surface area (Å²) in [6.07, 6.45) is 0. The maximum absolute atomic E-state index is 12.5. The van der Waals surface area contributed by atoms with Crippen molar-refractivity contribution in [2.45, 2.75) is 25.5 Å². The molecule has 0 aliphatic rings. The summed E-state index contributed by atoms with van der Waals surface area (Å²) in [4.78, 5) is 14.2.